The van der Waals surface area contributed by atoms with E-state index in [4.69, 9.17) is 9.84 Å². The summed E-state index contributed by atoms with van der Waals surface area (Å²) in [5, 5.41) is 8.94. The van der Waals surface area contributed by atoms with Crippen molar-refractivity contribution >= 4 is 27.8 Å². The Kier molecular flexibility index (Phi) is 4.65. The molecule has 0 radical (unpaired) electrons. The number of carbonyl (C=O) groups is 2. The number of likely N-dealkylation sites (tertiary alicyclic amines) is 1. The summed E-state index contributed by atoms with van der Waals surface area (Å²) in [4.78, 5) is 24.6. The lowest BCUT2D eigenvalue weighted by Gasteiger charge is -2.21. The van der Waals surface area contributed by atoms with Crippen LogP contribution >= 0.6 is 15.9 Å². The lowest BCUT2D eigenvalue weighted by Crippen LogP contribution is -2.39. The van der Waals surface area contributed by atoms with Gasteiger partial charge in [-0.05, 0) is 37.6 Å². The number of ether oxygens (including phenoxy) is 1. The first-order valence-corrected chi connectivity index (χ1v) is 7.20. The molecular formula is C14H16BrNO4. The summed E-state index contributed by atoms with van der Waals surface area (Å²) in [6, 6.07) is 7.22. The Balaban J connectivity index is 1.92. The van der Waals surface area contributed by atoms with E-state index in [0.717, 1.165) is 4.47 Å². The van der Waals surface area contributed by atoms with Crippen LogP contribution in [0.1, 0.15) is 13.3 Å². The molecule has 1 fully saturated rings. The third kappa shape index (κ3) is 3.50. The van der Waals surface area contributed by atoms with Gasteiger partial charge in [0.15, 0.2) is 6.10 Å². The van der Waals surface area contributed by atoms with Crippen molar-refractivity contribution in [2.24, 2.45) is 5.92 Å². The first-order valence-electron chi connectivity index (χ1n) is 6.41. The minimum atomic E-state index is -0.846. The molecule has 20 heavy (non-hydrogen) atoms. The molecule has 1 aromatic carbocycles. The van der Waals surface area contributed by atoms with Gasteiger partial charge in [-0.2, -0.15) is 0 Å². The van der Waals surface area contributed by atoms with Crippen LogP contribution in [-0.2, 0) is 9.59 Å². The molecular weight excluding hydrogens is 326 g/mol. The van der Waals surface area contributed by atoms with Crippen molar-refractivity contribution in [1.29, 1.82) is 0 Å². The maximum atomic E-state index is 12.2. The first-order chi connectivity index (χ1) is 9.47. The van der Waals surface area contributed by atoms with Crippen molar-refractivity contribution in [3.8, 4) is 5.75 Å². The average Bonchev–Trinajstić information content (AvgIpc) is 2.90. The van der Waals surface area contributed by atoms with E-state index >= 15 is 0 Å². The van der Waals surface area contributed by atoms with Gasteiger partial charge < -0.3 is 14.7 Å². The third-order valence-corrected chi connectivity index (χ3v) is 3.85. The Bertz CT molecular complexity index is 502. The molecule has 5 nitrogen and oxygen atoms in total. The number of hydrogen-bond donors (Lipinski definition) is 1. The van der Waals surface area contributed by atoms with Gasteiger partial charge in [0.1, 0.15) is 5.75 Å². The van der Waals surface area contributed by atoms with E-state index in [1.807, 2.05) is 12.1 Å². The minimum absolute atomic E-state index is 0.170. The number of carbonyl (C=O) groups excluding carboxylic acids is 1. The average molecular weight is 342 g/mol. The first kappa shape index (κ1) is 14.8. The Morgan fingerprint density at radius 2 is 2.05 bits per heavy atom. The summed E-state index contributed by atoms with van der Waals surface area (Å²) in [6.07, 6.45) is -0.116. The Morgan fingerprint density at radius 1 is 1.40 bits per heavy atom. The maximum Gasteiger partial charge on any atom is 0.308 e. The summed E-state index contributed by atoms with van der Waals surface area (Å²) in [7, 11) is 0. The normalized spacial score (nSPS) is 19.7. The summed E-state index contributed by atoms with van der Waals surface area (Å²) in [5.41, 5.74) is 0. The molecule has 1 aliphatic heterocycles. The van der Waals surface area contributed by atoms with Crippen LogP contribution in [0, 0.1) is 5.92 Å². The molecule has 1 aromatic rings. The van der Waals surface area contributed by atoms with Gasteiger partial charge in [-0.3, -0.25) is 9.59 Å². The van der Waals surface area contributed by atoms with Crippen molar-refractivity contribution < 1.29 is 19.4 Å². The van der Waals surface area contributed by atoms with Crippen molar-refractivity contribution in [1.82, 2.24) is 4.90 Å². The van der Waals surface area contributed by atoms with Crippen LogP contribution in [-0.4, -0.2) is 41.1 Å². The Labute approximate surface area is 125 Å². The number of amides is 1. The second kappa shape index (κ2) is 6.26. The molecule has 2 atom stereocenters. The number of rotatable bonds is 4. The van der Waals surface area contributed by atoms with Gasteiger partial charge in [-0.15, -0.1) is 0 Å². The number of halogens is 1. The zero-order valence-corrected chi connectivity index (χ0v) is 12.7. The van der Waals surface area contributed by atoms with Gasteiger partial charge >= 0.3 is 5.97 Å². The zero-order valence-electron chi connectivity index (χ0n) is 11.1. The van der Waals surface area contributed by atoms with Crippen molar-refractivity contribution in [2.45, 2.75) is 19.4 Å². The van der Waals surface area contributed by atoms with E-state index in [0.29, 0.717) is 18.7 Å². The molecule has 1 amide bonds. The number of hydrogen-bond acceptors (Lipinski definition) is 3. The molecule has 1 saturated heterocycles. The fourth-order valence-corrected chi connectivity index (χ4v) is 2.45. The fourth-order valence-electron chi connectivity index (χ4n) is 2.19. The predicted octanol–water partition coefficient (Wildman–Crippen LogP) is 2.15. The number of carboxylic acid groups (broad SMARTS) is 1. The second-order valence-electron chi connectivity index (χ2n) is 4.82. The van der Waals surface area contributed by atoms with Crippen LogP contribution in [0.4, 0.5) is 0 Å². The number of nitrogens with zero attached hydrogens (tertiary/aromatic N) is 1. The van der Waals surface area contributed by atoms with Crippen molar-refractivity contribution in [2.75, 3.05) is 13.1 Å². The molecule has 1 N–H and O–H groups in total. The molecule has 2 rings (SSSR count). The molecule has 1 heterocycles. The minimum Gasteiger partial charge on any atom is -0.481 e. The van der Waals surface area contributed by atoms with E-state index in [2.05, 4.69) is 15.9 Å². The predicted molar refractivity (Wildman–Crippen MR) is 76.6 cm³/mol. The lowest BCUT2D eigenvalue weighted by atomic mass is 10.1. The second-order valence-corrected chi connectivity index (χ2v) is 5.74. The Hall–Kier alpha value is -1.56. The smallest absolute Gasteiger partial charge is 0.308 e. The monoisotopic (exact) mass is 341 g/mol. The van der Waals surface area contributed by atoms with Crippen molar-refractivity contribution in [3.63, 3.8) is 0 Å². The molecule has 0 bridgehead atoms. The highest BCUT2D eigenvalue weighted by atomic mass is 79.9. The molecule has 0 saturated carbocycles. The summed E-state index contributed by atoms with van der Waals surface area (Å²) in [5.74, 6) is -0.861. The van der Waals surface area contributed by atoms with E-state index in [1.54, 1.807) is 24.0 Å². The van der Waals surface area contributed by atoms with Crippen LogP contribution in [0.2, 0.25) is 0 Å². The summed E-state index contributed by atoms with van der Waals surface area (Å²) >= 11 is 3.33. The molecule has 108 valence electrons. The SMILES string of the molecule is CC(Oc1ccc(Br)cc1)C(=O)N1CCC(C(=O)O)C1. The number of carboxylic acids is 1. The standard InChI is InChI=1S/C14H16BrNO4/c1-9(20-12-4-2-11(15)3-5-12)13(17)16-7-6-10(8-16)14(18)19/h2-5,9-10H,6-8H2,1H3,(H,18,19). The molecule has 2 unspecified atom stereocenters. The van der Waals surface area contributed by atoms with Crippen LogP contribution < -0.4 is 4.74 Å². The molecule has 1 aliphatic rings. The van der Waals surface area contributed by atoms with E-state index < -0.39 is 18.0 Å². The fraction of sp³-hybridized carbons (Fsp3) is 0.429. The van der Waals surface area contributed by atoms with E-state index in [1.165, 1.54) is 0 Å². The van der Waals surface area contributed by atoms with Gasteiger partial charge in [0.05, 0.1) is 5.92 Å². The van der Waals surface area contributed by atoms with Gasteiger partial charge in [0.2, 0.25) is 0 Å². The van der Waals surface area contributed by atoms with Gasteiger partial charge in [0, 0.05) is 17.6 Å². The number of aliphatic carboxylic acids is 1. The van der Waals surface area contributed by atoms with Crippen LogP contribution in [0.3, 0.4) is 0 Å². The van der Waals surface area contributed by atoms with Crippen molar-refractivity contribution in [3.05, 3.63) is 28.7 Å². The highest BCUT2D eigenvalue weighted by Gasteiger charge is 2.33. The lowest BCUT2D eigenvalue weighted by molar-refractivity contribution is -0.142. The molecule has 0 spiro atoms. The number of benzene rings is 1. The highest BCUT2D eigenvalue weighted by molar-refractivity contribution is 9.10. The summed E-state index contributed by atoms with van der Waals surface area (Å²) in [6.45, 7) is 2.42. The van der Waals surface area contributed by atoms with Crippen LogP contribution in [0.15, 0.2) is 28.7 Å². The van der Waals surface area contributed by atoms with Crippen LogP contribution in [0.25, 0.3) is 0 Å². The highest BCUT2D eigenvalue weighted by Crippen LogP contribution is 2.20. The van der Waals surface area contributed by atoms with Gasteiger partial charge in [-0.25, -0.2) is 0 Å². The largest absolute Gasteiger partial charge is 0.481 e. The third-order valence-electron chi connectivity index (χ3n) is 3.32. The quantitative estimate of drug-likeness (QED) is 0.911. The summed E-state index contributed by atoms with van der Waals surface area (Å²) < 4.78 is 6.52. The Morgan fingerprint density at radius 3 is 2.60 bits per heavy atom. The van der Waals surface area contributed by atoms with Gasteiger partial charge in [0.25, 0.3) is 5.91 Å². The molecule has 0 aromatic heterocycles. The van der Waals surface area contributed by atoms with Gasteiger partial charge in [-0.1, -0.05) is 15.9 Å². The van der Waals surface area contributed by atoms with Crippen LogP contribution in [0.5, 0.6) is 5.75 Å². The van der Waals surface area contributed by atoms with E-state index in [9.17, 15) is 9.59 Å². The van der Waals surface area contributed by atoms with E-state index in [-0.39, 0.29) is 12.5 Å². The molecule has 6 heteroatoms. The topological polar surface area (TPSA) is 66.8 Å². The zero-order chi connectivity index (χ0) is 14.7. The molecule has 0 aliphatic carbocycles. The maximum absolute atomic E-state index is 12.2.